The van der Waals surface area contributed by atoms with Crippen LogP contribution < -0.4 is 11.1 Å². The summed E-state index contributed by atoms with van der Waals surface area (Å²) in [6, 6.07) is 5.38. The molecule has 3 rings (SSSR count). The summed E-state index contributed by atoms with van der Waals surface area (Å²) in [6.45, 7) is 3.26. The van der Waals surface area contributed by atoms with Gasteiger partial charge in [-0.2, -0.15) is 13.2 Å². The number of halogens is 3. The number of alkyl halides is 3. The average Bonchev–Trinajstić information content (AvgIpc) is 3.02. The van der Waals surface area contributed by atoms with Crippen molar-refractivity contribution in [2.75, 3.05) is 0 Å². The first-order chi connectivity index (χ1) is 11.8. The molecule has 134 valence electrons. The van der Waals surface area contributed by atoms with Crippen LogP contribution in [0.1, 0.15) is 39.3 Å². The van der Waals surface area contributed by atoms with E-state index in [1.165, 1.54) is 6.20 Å². The Labute approximate surface area is 143 Å². The van der Waals surface area contributed by atoms with E-state index in [-0.39, 0.29) is 6.42 Å². The number of nitrogens with two attached hydrogens (primary N) is 1. The number of primary amides is 1. The summed E-state index contributed by atoms with van der Waals surface area (Å²) >= 11 is 0. The van der Waals surface area contributed by atoms with Crippen LogP contribution in [-0.2, 0) is 19.5 Å². The molecule has 1 aliphatic heterocycles. The second kappa shape index (κ2) is 8.06. The van der Waals surface area contributed by atoms with Gasteiger partial charge in [0.1, 0.15) is 5.69 Å². The second-order valence-electron chi connectivity index (χ2n) is 5.65. The van der Waals surface area contributed by atoms with Gasteiger partial charge in [0.15, 0.2) is 0 Å². The highest BCUT2D eigenvalue weighted by molar-refractivity contribution is 5.92. The summed E-state index contributed by atoms with van der Waals surface area (Å²) in [5.41, 5.74) is 8.97. The maximum atomic E-state index is 11.8. The Balaban J connectivity index is 0.000000181. The van der Waals surface area contributed by atoms with Crippen LogP contribution in [0.5, 0.6) is 0 Å². The molecule has 0 saturated carbocycles. The van der Waals surface area contributed by atoms with Crippen LogP contribution in [0, 0.1) is 6.92 Å². The molecule has 0 radical (unpaired) electrons. The third kappa shape index (κ3) is 5.53. The van der Waals surface area contributed by atoms with Crippen molar-refractivity contribution < 1.29 is 18.0 Å². The van der Waals surface area contributed by atoms with Gasteiger partial charge in [0.05, 0.1) is 0 Å². The molecule has 1 amide bonds. The molecule has 5 nitrogen and oxygen atoms in total. The number of aryl methyl sites for hydroxylation is 2. The fourth-order valence-electron chi connectivity index (χ4n) is 2.47. The summed E-state index contributed by atoms with van der Waals surface area (Å²) in [4.78, 5) is 18.7. The Hall–Kier alpha value is -2.48. The van der Waals surface area contributed by atoms with Gasteiger partial charge in [-0.05, 0) is 36.6 Å². The minimum absolute atomic E-state index is 0.0316. The van der Waals surface area contributed by atoms with E-state index in [1.807, 2.05) is 6.07 Å². The zero-order valence-electron chi connectivity index (χ0n) is 13.7. The molecule has 0 bridgehead atoms. The highest BCUT2D eigenvalue weighted by Crippen LogP contribution is 2.22. The third-order valence-electron chi connectivity index (χ3n) is 3.77. The molecule has 3 heterocycles. The number of nitrogens with one attached hydrogen (secondary N) is 1. The number of fused-ring (bicyclic) bond motifs is 1. The van der Waals surface area contributed by atoms with Crippen LogP contribution in [0.2, 0.25) is 0 Å². The molecule has 0 unspecified atom stereocenters. The average molecular weight is 352 g/mol. The number of aromatic nitrogens is 2. The molecular formula is C17H19F3N4O. The monoisotopic (exact) mass is 352 g/mol. The zero-order chi connectivity index (χ0) is 18.4. The van der Waals surface area contributed by atoms with E-state index in [0.29, 0.717) is 17.9 Å². The minimum atomic E-state index is -4.09. The highest BCUT2D eigenvalue weighted by atomic mass is 19.4. The van der Waals surface area contributed by atoms with Gasteiger partial charge in [0.2, 0.25) is 0 Å². The Morgan fingerprint density at radius 3 is 2.64 bits per heavy atom. The van der Waals surface area contributed by atoms with Crippen molar-refractivity contribution in [1.29, 1.82) is 0 Å². The van der Waals surface area contributed by atoms with Crippen molar-refractivity contribution in [2.45, 2.75) is 39.0 Å². The lowest BCUT2D eigenvalue weighted by atomic mass is 10.1. The Kier molecular flexibility index (Phi) is 6.08. The second-order valence-corrected chi connectivity index (χ2v) is 5.65. The smallest absolute Gasteiger partial charge is 0.364 e. The lowest BCUT2D eigenvalue weighted by Crippen LogP contribution is -2.16. The van der Waals surface area contributed by atoms with E-state index in [4.69, 9.17) is 5.73 Å². The fourth-order valence-corrected chi connectivity index (χ4v) is 2.47. The number of amides is 1. The summed E-state index contributed by atoms with van der Waals surface area (Å²) < 4.78 is 35.5. The molecule has 2 aromatic heterocycles. The predicted octanol–water partition coefficient (Wildman–Crippen LogP) is 2.67. The van der Waals surface area contributed by atoms with Gasteiger partial charge in [-0.3, -0.25) is 14.8 Å². The van der Waals surface area contributed by atoms with Crippen LogP contribution >= 0.6 is 0 Å². The van der Waals surface area contributed by atoms with Crippen molar-refractivity contribution in [2.24, 2.45) is 5.73 Å². The van der Waals surface area contributed by atoms with E-state index >= 15 is 0 Å². The first-order valence-electron chi connectivity index (χ1n) is 7.72. The van der Waals surface area contributed by atoms with E-state index in [0.717, 1.165) is 23.2 Å². The SMILES string of the molecule is Cc1cccnc1CCC(F)(F)F.NC(=O)c1nccc2c1CNC2. The van der Waals surface area contributed by atoms with Crippen molar-refractivity contribution >= 4 is 5.91 Å². The van der Waals surface area contributed by atoms with Gasteiger partial charge < -0.3 is 11.1 Å². The molecule has 8 heteroatoms. The van der Waals surface area contributed by atoms with Crippen LogP contribution in [0.25, 0.3) is 0 Å². The lowest BCUT2D eigenvalue weighted by molar-refractivity contribution is -0.134. The Morgan fingerprint density at radius 2 is 2.00 bits per heavy atom. The van der Waals surface area contributed by atoms with E-state index in [2.05, 4.69) is 15.3 Å². The normalized spacial score (nSPS) is 13.0. The molecule has 2 aromatic rings. The molecule has 25 heavy (non-hydrogen) atoms. The van der Waals surface area contributed by atoms with Crippen LogP contribution in [0.3, 0.4) is 0 Å². The number of hydrogen-bond acceptors (Lipinski definition) is 4. The van der Waals surface area contributed by atoms with E-state index < -0.39 is 18.5 Å². The lowest BCUT2D eigenvalue weighted by Gasteiger charge is -2.06. The minimum Gasteiger partial charge on any atom is -0.364 e. The maximum absolute atomic E-state index is 11.8. The van der Waals surface area contributed by atoms with E-state index in [1.54, 1.807) is 25.3 Å². The number of hydrogen-bond donors (Lipinski definition) is 2. The molecule has 0 saturated heterocycles. The van der Waals surface area contributed by atoms with Crippen molar-refractivity contribution in [1.82, 2.24) is 15.3 Å². The summed E-state index contributed by atoms with van der Waals surface area (Å²) in [7, 11) is 0. The molecule has 0 spiro atoms. The number of nitrogens with zero attached hydrogens (tertiary/aromatic N) is 2. The van der Waals surface area contributed by atoms with Crippen LogP contribution in [0.4, 0.5) is 13.2 Å². The first kappa shape index (κ1) is 18.9. The molecule has 1 aliphatic rings. The van der Waals surface area contributed by atoms with Gasteiger partial charge >= 0.3 is 6.18 Å². The quantitative estimate of drug-likeness (QED) is 0.890. The van der Waals surface area contributed by atoms with Gasteiger partial charge in [0, 0.05) is 43.2 Å². The maximum Gasteiger partial charge on any atom is 0.389 e. The van der Waals surface area contributed by atoms with Crippen LogP contribution in [0.15, 0.2) is 30.6 Å². The van der Waals surface area contributed by atoms with E-state index in [9.17, 15) is 18.0 Å². The summed E-state index contributed by atoms with van der Waals surface area (Å²) in [5, 5.41) is 3.14. The first-order valence-corrected chi connectivity index (χ1v) is 7.72. The number of rotatable bonds is 3. The van der Waals surface area contributed by atoms with Crippen LogP contribution in [-0.4, -0.2) is 22.1 Å². The zero-order valence-corrected chi connectivity index (χ0v) is 13.7. The molecule has 0 aromatic carbocycles. The Morgan fingerprint density at radius 1 is 1.24 bits per heavy atom. The molecule has 0 fully saturated rings. The van der Waals surface area contributed by atoms with Crippen molar-refractivity contribution in [3.8, 4) is 0 Å². The summed E-state index contributed by atoms with van der Waals surface area (Å²) in [5.74, 6) is -0.449. The summed E-state index contributed by atoms with van der Waals surface area (Å²) in [6.07, 6.45) is -1.80. The number of carbonyl (C=O) groups excluding carboxylic acids is 1. The molecular weight excluding hydrogens is 333 g/mol. The topological polar surface area (TPSA) is 80.9 Å². The fraction of sp³-hybridized carbons (Fsp3) is 0.353. The highest BCUT2D eigenvalue weighted by Gasteiger charge is 2.26. The van der Waals surface area contributed by atoms with Gasteiger partial charge in [-0.25, -0.2) is 0 Å². The molecule has 0 atom stereocenters. The largest absolute Gasteiger partial charge is 0.389 e. The standard InChI is InChI=1S/C9H10F3N.C8H9N3O/c1-7-3-2-6-13-8(7)4-5-9(10,11)12;9-8(12)7-6-4-10-3-5(6)1-2-11-7/h2-3,6H,4-5H2,1H3;1-2,10H,3-4H2,(H2,9,12). The Bertz CT molecular complexity index is 747. The third-order valence-corrected chi connectivity index (χ3v) is 3.77. The number of pyridine rings is 2. The van der Waals surface area contributed by atoms with Gasteiger partial charge in [-0.1, -0.05) is 6.07 Å². The van der Waals surface area contributed by atoms with Gasteiger partial charge in [-0.15, -0.1) is 0 Å². The number of carbonyl (C=O) groups is 1. The van der Waals surface area contributed by atoms with Crippen molar-refractivity contribution in [3.05, 3.63) is 58.7 Å². The molecule has 3 N–H and O–H groups in total. The van der Waals surface area contributed by atoms with Crippen molar-refractivity contribution in [3.63, 3.8) is 0 Å². The predicted molar refractivity (Wildman–Crippen MR) is 86.6 cm³/mol. The van der Waals surface area contributed by atoms with Gasteiger partial charge in [0.25, 0.3) is 5.91 Å². The molecule has 0 aliphatic carbocycles.